The van der Waals surface area contributed by atoms with E-state index in [9.17, 15) is 4.79 Å². The number of tetrazole rings is 1. The lowest BCUT2D eigenvalue weighted by molar-refractivity contribution is 0.300. The summed E-state index contributed by atoms with van der Waals surface area (Å²) in [5.74, 6) is 0.183. The molecule has 20 heavy (non-hydrogen) atoms. The standard InChI is InChI=1S/C9H7BrN6O3S/c1-15-9(17)16(14-13-15)7-5(6(10)19-12-7)4-18-8-11-2-3-20-8/h2-3H,4H2,1H3/i2T. The summed E-state index contributed by atoms with van der Waals surface area (Å²) in [5, 5.41) is 13.0. The monoisotopic (exact) mass is 360 g/mol. The number of hydrogen-bond donors (Lipinski definition) is 0. The van der Waals surface area contributed by atoms with Gasteiger partial charge in [0.15, 0.2) is 0 Å². The summed E-state index contributed by atoms with van der Waals surface area (Å²) in [4.78, 5) is 15.7. The number of nitrogens with zero attached hydrogens (tertiary/aromatic N) is 6. The normalized spacial score (nSPS) is 11.6. The molecule has 3 aromatic heterocycles. The number of halogens is 1. The summed E-state index contributed by atoms with van der Waals surface area (Å²) in [5.41, 5.74) is 0.0269. The van der Waals surface area contributed by atoms with E-state index in [1.807, 2.05) is 0 Å². The zero-order chi connectivity index (χ0) is 15.0. The number of hydrogen-bond acceptors (Lipinski definition) is 8. The Morgan fingerprint density at radius 1 is 1.60 bits per heavy atom. The smallest absolute Gasteiger partial charge is 0.369 e. The predicted octanol–water partition coefficient (Wildman–Crippen LogP) is 0.752. The van der Waals surface area contributed by atoms with Gasteiger partial charge in [0.2, 0.25) is 10.5 Å². The first kappa shape index (κ1) is 11.8. The maximum absolute atomic E-state index is 11.8. The molecule has 0 aliphatic rings. The molecule has 0 atom stereocenters. The number of ether oxygens (including phenoxy) is 1. The molecule has 0 unspecified atom stereocenters. The van der Waals surface area contributed by atoms with E-state index < -0.39 is 5.69 Å². The Labute approximate surface area is 125 Å². The molecule has 0 saturated heterocycles. The maximum Gasteiger partial charge on any atom is 0.369 e. The van der Waals surface area contributed by atoms with Gasteiger partial charge < -0.3 is 9.26 Å². The van der Waals surface area contributed by atoms with Crippen molar-refractivity contribution in [3.63, 3.8) is 0 Å². The number of aromatic nitrogens is 6. The molecular formula is C9H7BrN6O3S. The molecule has 0 aliphatic heterocycles. The van der Waals surface area contributed by atoms with E-state index in [-0.39, 0.29) is 18.6 Å². The van der Waals surface area contributed by atoms with Crippen LogP contribution in [0.1, 0.15) is 6.93 Å². The third-order valence-electron chi connectivity index (χ3n) is 2.35. The average molecular weight is 361 g/mol. The van der Waals surface area contributed by atoms with Gasteiger partial charge in [0.25, 0.3) is 5.19 Å². The van der Waals surface area contributed by atoms with Crippen molar-refractivity contribution in [2.75, 3.05) is 0 Å². The molecule has 3 aromatic rings. The lowest BCUT2D eigenvalue weighted by Gasteiger charge is -2.01. The Morgan fingerprint density at radius 3 is 3.10 bits per heavy atom. The molecule has 104 valence electrons. The summed E-state index contributed by atoms with van der Waals surface area (Å²) in [6.45, 7) is 0.0510. The van der Waals surface area contributed by atoms with Crippen LogP contribution < -0.4 is 10.4 Å². The van der Waals surface area contributed by atoms with Crippen LogP contribution in [0.15, 0.2) is 25.5 Å². The molecule has 0 N–H and O–H groups in total. The molecule has 0 spiro atoms. The van der Waals surface area contributed by atoms with Crippen LogP contribution in [0.3, 0.4) is 0 Å². The lowest BCUT2D eigenvalue weighted by Crippen LogP contribution is -2.23. The van der Waals surface area contributed by atoms with Crippen LogP contribution in [0.2, 0.25) is 0 Å². The van der Waals surface area contributed by atoms with Crippen LogP contribution in [0.4, 0.5) is 0 Å². The van der Waals surface area contributed by atoms with E-state index in [1.165, 1.54) is 18.4 Å². The maximum atomic E-state index is 11.8. The Balaban J connectivity index is 1.90. The van der Waals surface area contributed by atoms with Crippen LogP contribution in [0.25, 0.3) is 5.82 Å². The second-order valence-corrected chi connectivity index (χ2v) is 5.13. The Bertz CT molecular complexity index is 839. The zero-order valence-electron chi connectivity index (χ0n) is 11.0. The number of rotatable bonds is 4. The Kier molecular flexibility index (Phi) is 3.05. The first-order chi connectivity index (χ1) is 10.1. The minimum atomic E-state index is -0.459. The van der Waals surface area contributed by atoms with Crippen LogP contribution >= 0.6 is 27.3 Å². The molecule has 11 heteroatoms. The van der Waals surface area contributed by atoms with Gasteiger partial charge >= 0.3 is 5.69 Å². The highest BCUT2D eigenvalue weighted by Crippen LogP contribution is 2.24. The van der Waals surface area contributed by atoms with E-state index in [0.29, 0.717) is 15.4 Å². The van der Waals surface area contributed by atoms with Gasteiger partial charge in [0, 0.05) is 18.6 Å². The van der Waals surface area contributed by atoms with Gasteiger partial charge in [0.05, 0.1) is 6.93 Å². The molecule has 3 heterocycles. The molecule has 3 rings (SSSR count). The SMILES string of the molecule is [3H]c1csc(OCc2c(-n3nnn(C)c3=O)noc2Br)n1. The van der Waals surface area contributed by atoms with Crippen LogP contribution in [-0.4, -0.2) is 29.9 Å². The molecule has 0 amide bonds. The summed E-state index contributed by atoms with van der Waals surface area (Å²) in [7, 11) is 1.47. The number of thiazole rings is 1. The van der Waals surface area contributed by atoms with Crippen LogP contribution in [0, 0.1) is 0 Å². The van der Waals surface area contributed by atoms with Gasteiger partial charge in [-0.25, -0.2) is 9.78 Å². The molecule has 9 nitrogen and oxygen atoms in total. The highest BCUT2D eigenvalue weighted by Gasteiger charge is 2.20. The van der Waals surface area contributed by atoms with Crippen molar-refractivity contribution >= 4 is 27.3 Å². The second-order valence-electron chi connectivity index (χ2n) is 3.59. The Hall–Kier alpha value is -2.01. The topological polar surface area (TPSA) is 101 Å². The van der Waals surface area contributed by atoms with Crippen molar-refractivity contribution in [2.24, 2.45) is 7.05 Å². The van der Waals surface area contributed by atoms with Crippen LogP contribution in [0.5, 0.6) is 5.19 Å². The fourth-order valence-electron chi connectivity index (χ4n) is 1.40. The molecule has 0 aliphatic carbocycles. The van der Waals surface area contributed by atoms with E-state index in [0.717, 1.165) is 9.36 Å². The highest BCUT2D eigenvalue weighted by molar-refractivity contribution is 9.10. The highest BCUT2D eigenvalue weighted by atomic mass is 79.9. The van der Waals surface area contributed by atoms with E-state index in [2.05, 4.69) is 36.5 Å². The quantitative estimate of drug-likeness (QED) is 0.676. The van der Waals surface area contributed by atoms with Crippen molar-refractivity contribution in [3.8, 4) is 11.0 Å². The van der Waals surface area contributed by atoms with Crippen LogP contribution in [-0.2, 0) is 13.7 Å². The summed E-state index contributed by atoms with van der Waals surface area (Å²) < 4.78 is 20.2. The van der Waals surface area contributed by atoms with Gasteiger partial charge in [-0.3, -0.25) is 0 Å². The predicted molar refractivity (Wildman–Crippen MR) is 70.8 cm³/mol. The van der Waals surface area contributed by atoms with Crippen molar-refractivity contribution < 1.29 is 10.6 Å². The first-order valence-corrected chi connectivity index (χ1v) is 6.92. The largest absolute Gasteiger partial charge is 0.465 e. The van der Waals surface area contributed by atoms with E-state index in [1.54, 1.807) is 5.38 Å². The third kappa shape index (κ3) is 2.25. The first-order valence-electron chi connectivity index (χ1n) is 5.74. The molecule has 0 bridgehead atoms. The Morgan fingerprint density at radius 2 is 2.45 bits per heavy atom. The van der Waals surface area contributed by atoms with E-state index in [4.69, 9.17) is 10.6 Å². The van der Waals surface area contributed by atoms with Gasteiger partial charge in [-0.1, -0.05) is 16.5 Å². The van der Waals surface area contributed by atoms with Gasteiger partial charge in [-0.05, 0) is 26.4 Å². The second kappa shape index (κ2) is 5.17. The number of aryl methyl sites for hydroxylation is 1. The third-order valence-corrected chi connectivity index (χ3v) is 3.61. The van der Waals surface area contributed by atoms with Crippen molar-refractivity contribution in [1.82, 2.24) is 29.9 Å². The van der Waals surface area contributed by atoms with Crippen molar-refractivity contribution in [1.29, 1.82) is 0 Å². The zero-order valence-corrected chi connectivity index (χ0v) is 12.4. The summed E-state index contributed by atoms with van der Waals surface area (Å²) in [6, 6.07) is 0. The lowest BCUT2D eigenvalue weighted by atomic mass is 10.3. The fourth-order valence-corrected chi connectivity index (χ4v) is 2.20. The molecule has 0 radical (unpaired) electrons. The van der Waals surface area contributed by atoms with Crippen molar-refractivity contribution in [3.05, 3.63) is 32.3 Å². The fraction of sp³-hybridized carbons (Fsp3) is 0.222. The van der Waals surface area contributed by atoms with Gasteiger partial charge in [-0.15, -0.1) is 4.68 Å². The minimum Gasteiger partial charge on any atom is -0.465 e. The molecular weight excluding hydrogens is 352 g/mol. The van der Waals surface area contributed by atoms with Gasteiger partial charge in [-0.2, -0.15) is 4.68 Å². The molecule has 0 aromatic carbocycles. The summed E-state index contributed by atoms with van der Waals surface area (Å²) >= 11 is 4.39. The molecule has 0 fully saturated rings. The summed E-state index contributed by atoms with van der Waals surface area (Å²) in [6.07, 6.45) is 0.129. The van der Waals surface area contributed by atoms with Gasteiger partial charge in [0.1, 0.15) is 6.61 Å². The minimum absolute atomic E-state index is 0.0510. The average Bonchev–Trinajstić information content (AvgIpc) is 3.11. The van der Waals surface area contributed by atoms with E-state index >= 15 is 0 Å². The van der Waals surface area contributed by atoms with Crippen molar-refractivity contribution in [2.45, 2.75) is 6.61 Å². The molecule has 0 saturated carbocycles.